The molecule has 0 radical (unpaired) electrons. The van der Waals surface area contributed by atoms with Crippen molar-refractivity contribution in [2.24, 2.45) is 4.99 Å². The molecule has 0 aliphatic heterocycles. The van der Waals surface area contributed by atoms with Crippen LogP contribution in [0.2, 0.25) is 0 Å². The summed E-state index contributed by atoms with van der Waals surface area (Å²) in [5, 5.41) is 5.28. The number of nitrogens with one attached hydrogen (secondary N) is 2. The molecular formula is C48H64N6O16. The Morgan fingerprint density at radius 3 is 1.16 bits per heavy atom. The fourth-order valence-corrected chi connectivity index (χ4v) is 6.62. The van der Waals surface area contributed by atoms with E-state index in [2.05, 4.69) is 15.6 Å². The molecule has 3 rings (SSSR count). The number of alkyl carbamates (subject to hydrolysis) is 2. The van der Waals surface area contributed by atoms with Gasteiger partial charge in [0.15, 0.2) is 0 Å². The van der Waals surface area contributed by atoms with Crippen LogP contribution in [0.3, 0.4) is 0 Å². The molecule has 3 aromatic rings. The van der Waals surface area contributed by atoms with Crippen LogP contribution in [-0.4, -0.2) is 128 Å². The van der Waals surface area contributed by atoms with E-state index in [1.165, 1.54) is 30.3 Å². The summed E-state index contributed by atoms with van der Waals surface area (Å²) in [6.45, 7) is 1.07. The van der Waals surface area contributed by atoms with Gasteiger partial charge in [0.05, 0.1) is 33.0 Å². The van der Waals surface area contributed by atoms with Crippen molar-refractivity contribution in [2.45, 2.75) is 96.7 Å². The van der Waals surface area contributed by atoms with Crippen LogP contribution in [0.5, 0.6) is 0 Å². The largest absolute Gasteiger partial charge is 0.457 e. The third-order valence-corrected chi connectivity index (χ3v) is 10.3. The van der Waals surface area contributed by atoms with Gasteiger partial charge in [0.2, 0.25) is 6.08 Å². The molecule has 0 fully saturated rings. The summed E-state index contributed by atoms with van der Waals surface area (Å²) < 4.78 is 33.8. The van der Waals surface area contributed by atoms with Crippen LogP contribution < -0.4 is 27.7 Å². The van der Waals surface area contributed by atoms with E-state index in [-0.39, 0.29) is 83.6 Å². The van der Waals surface area contributed by atoms with Crippen molar-refractivity contribution in [1.29, 1.82) is 0 Å². The van der Waals surface area contributed by atoms with E-state index < -0.39 is 52.8 Å². The molecule has 70 heavy (non-hydrogen) atoms. The van der Waals surface area contributed by atoms with Gasteiger partial charge in [-0.3, -0.25) is 9.59 Å². The number of hydrogen-bond acceptors (Lipinski definition) is 17. The van der Waals surface area contributed by atoms with Gasteiger partial charge in [0, 0.05) is 43.9 Å². The Bertz CT molecular complexity index is 2170. The first-order valence-electron chi connectivity index (χ1n) is 23.5. The highest BCUT2D eigenvalue weighted by Gasteiger charge is 2.19. The molecule has 0 spiro atoms. The lowest BCUT2D eigenvalue weighted by atomic mass is 10.1. The molecular weight excluding hydrogens is 917 g/mol. The number of rotatable bonds is 37. The van der Waals surface area contributed by atoms with Gasteiger partial charge in [0.25, 0.3) is 11.6 Å². The SMILES string of the molecule is O=C=NCCCCCCn1c(=O)n(CCCCCCNC(=O)OCCOCCOC(=O)C(=O)c2ccccc2)c(=O)n(CCCCCCNC(=O)OCCOCCOC(=O)C(=O)c2ccccc2)c1=O. The summed E-state index contributed by atoms with van der Waals surface area (Å²) in [6, 6.07) is 16.0. The van der Waals surface area contributed by atoms with E-state index in [0.29, 0.717) is 90.3 Å². The van der Waals surface area contributed by atoms with Crippen LogP contribution in [0, 0.1) is 0 Å². The Balaban J connectivity index is 1.31. The summed E-state index contributed by atoms with van der Waals surface area (Å²) in [6.07, 6.45) is 7.57. The van der Waals surface area contributed by atoms with Crippen molar-refractivity contribution in [3.63, 3.8) is 0 Å². The number of Topliss-reactive ketones (excluding diaryl/α,β-unsaturated/α-hetero) is 2. The number of aliphatic imine (C=N–C) groups is 1. The van der Waals surface area contributed by atoms with Crippen LogP contribution in [0.1, 0.15) is 97.8 Å². The molecule has 382 valence electrons. The van der Waals surface area contributed by atoms with Crippen LogP contribution in [0.15, 0.2) is 80.0 Å². The summed E-state index contributed by atoms with van der Waals surface area (Å²) >= 11 is 0. The summed E-state index contributed by atoms with van der Waals surface area (Å²) in [4.78, 5) is 126. The highest BCUT2D eigenvalue weighted by molar-refractivity contribution is 6.41. The lowest BCUT2D eigenvalue weighted by molar-refractivity contribution is -0.140. The van der Waals surface area contributed by atoms with Crippen LogP contribution in [-0.2, 0) is 62.4 Å². The first-order valence-corrected chi connectivity index (χ1v) is 23.5. The number of hydrogen-bond donors (Lipinski definition) is 2. The van der Waals surface area contributed by atoms with Crippen molar-refractivity contribution in [3.8, 4) is 0 Å². The number of amides is 2. The molecule has 0 saturated heterocycles. The molecule has 1 heterocycles. The Morgan fingerprint density at radius 2 is 0.786 bits per heavy atom. The fraction of sp³-hybridized carbons (Fsp3) is 0.542. The second-order valence-corrected chi connectivity index (χ2v) is 15.5. The molecule has 2 amide bonds. The zero-order valence-corrected chi connectivity index (χ0v) is 39.5. The molecule has 0 aliphatic carbocycles. The minimum Gasteiger partial charge on any atom is -0.457 e. The van der Waals surface area contributed by atoms with Gasteiger partial charge >= 0.3 is 41.2 Å². The maximum Gasteiger partial charge on any atom is 0.407 e. The number of aromatic nitrogens is 3. The predicted molar refractivity (Wildman–Crippen MR) is 251 cm³/mol. The standard InChI is InChI=1S/C48H64N6O16/c55-37-49-23-13-1-4-16-26-52-46(62)53(27-17-5-2-14-24-50-44(60)69-35-31-65-29-33-67-42(58)40(56)38-19-9-7-10-20-38)48(64)54(47(52)63)28-18-6-3-15-25-51-45(61)70-36-32-66-30-34-68-43(59)41(57)39-21-11-8-12-22-39/h7-12,19-22H,1-6,13-18,23-36H2,(H,50,60)(H,51,61). The second-order valence-electron chi connectivity index (χ2n) is 15.5. The number of isocyanates is 1. The van der Waals surface area contributed by atoms with Crippen molar-refractivity contribution < 1.29 is 62.0 Å². The molecule has 0 aliphatic rings. The quantitative estimate of drug-likeness (QED) is 0.0159. The molecule has 2 aromatic carbocycles. The van der Waals surface area contributed by atoms with E-state index in [1.54, 1.807) is 36.4 Å². The normalized spacial score (nSPS) is 10.7. The van der Waals surface area contributed by atoms with Crippen LogP contribution in [0.25, 0.3) is 0 Å². The van der Waals surface area contributed by atoms with Crippen LogP contribution >= 0.6 is 0 Å². The zero-order chi connectivity index (χ0) is 50.6. The monoisotopic (exact) mass is 980 g/mol. The summed E-state index contributed by atoms with van der Waals surface area (Å²) in [7, 11) is 0. The topological polar surface area (TPSA) is 277 Å². The predicted octanol–water partition coefficient (Wildman–Crippen LogP) is 3.53. The number of esters is 2. The van der Waals surface area contributed by atoms with Crippen molar-refractivity contribution in [3.05, 3.63) is 103 Å². The second kappa shape index (κ2) is 35.1. The van der Waals surface area contributed by atoms with E-state index in [0.717, 1.165) is 20.1 Å². The van der Waals surface area contributed by atoms with E-state index in [1.807, 2.05) is 0 Å². The lowest BCUT2D eigenvalue weighted by Gasteiger charge is -2.14. The number of carbonyl (C=O) groups excluding carboxylic acids is 7. The number of benzene rings is 2. The molecule has 0 unspecified atom stereocenters. The third kappa shape index (κ3) is 22.8. The average molecular weight is 981 g/mol. The molecule has 22 heteroatoms. The number of carbonyl (C=O) groups is 6. The average Bonchev–Trinajstić information content (AvgIpc) is 3.37. The maximum atomic E-state index is 13.5. The Hall–Kier alpha value is -7.03. The minimum atomic E-state index is -0.989. The van der Waals surface area contributed by atoms with Crippen molar-refractivity contribution in [1.82, 2.24) is 24.3 Å². The molecule has 0 saturated carbocycles. The van der Waals surface area contributed by atoms with Crippen LogP contribution in [0.4, 0.5) is 9.59 Å². The first kappa shape index (κ1) is 57.3. The lowest BCUT2D eigenvalue weighted by Crippen LogP contribution is -2.54. The van der Waals surface area contributed by atoms with Gasteiger partial charge in [-0.15, -0.1) is 0 Å². The van der Waals surface area contributed by atoms with Gasteiger partial charge in [-0.1, -0.05) is 99.2 Å². The summed E-state index contributed by atoms with van der Waals surface area (Å²) in [5.41, 5.74) is -1.58. The Kier molecular flexibility index (Phi) is 28.8. The molecule has 1 aromatic heterocycles. The number of unbranched alkanes of at least 4 members (excludes halogenated alkanes) is 9. The summed E-state index contributed by atoms with van der Waals surface area (Å²) in [5.74, 6) is -3.49. The zero-order valence-electron chi connectivity index (χ0n) is 39.5. The molecule has 0 bridgehead atoms. The Morgan fingerprint density at radius 1 is 0.443 bits per heavy atom. The van der Waals surface area contributed by atoms with Crippen molar-refractivity contribution >= 4 is 41.8 Å². The highest BCUT2D eigenvalue weighted by atomic mass is 16.6. The van der Waals surface area contributed by atoms with E-state index >= 15 is 0 Å². The van der Waals surface area contributed by atoms with Gasteiger partial charge in [-0.2, -0.15) is 0 Å². The maximum absolute atomic E-state index is 13.5. The van der Waals surface area contributed by atoms with Gasteiger partial charge < -0.3 is 39.1 Å². The Labute approximate surface area is 404 Å². The van der Waals surface area contributed by atoms with Gasteiger partial charge in [-0.25, -0.2) is 57.1 Å². The first-order chi connectivity index (χ1) is 34.0. The van der Waals surface area contributed by atoms with E-state index in [4.69, 9.17) is 28.4 Å². The third-order valence-electron chi connectivity index (χ3n) is 10.3. The molecule has 22 nitrogen and oxygen atoms in total. The molecule has 2 N–H and O–H groups in total. The number of ether oxygens (including phenoxy) is 6. The smallest absolute Gasteiger partial charge is 0.407 e. The molecule has 0 atom stereocenters. The highest BCUT2D eigenvalue weighted by Crippen LogP contribution is 2.05. The van der Waals surface area contributed by atoms with Gasteiger partial charge in [0.1, 0.15) is 26.4 Å². The number of ketones is 2. The number of nitrogens with zero attached hydrogens (tertiary/aromatic N) is 4. The fourth-order valence-electron chi connectivity index (χ4n) is 6.62. The van der Waals surface area contributed by atoms with Gasteiger partial charge in [-0.05, 0) is 38.5 Å². The minimum absolute atomic E-state index is 0.0109. The van der Waals surface area contributed by atoms with Crippen molar-refractivity contribution in [2.75, 3.05) is 72.5 Å². The van der Waals surface area contributed by atoms with E-state index in [9.17, 15) is 47.9 Å².